The van der Waals surface area contributed by atoms with Gasteiger partial charge in [-0.2, -0.15) is 0 Å². The van der Waals surface area contributed by atoms with Gasteiger partial charge in [0, 0.05) is 23.7 Å². The van der Waals surface area contributed by atoms with Crippen LogP contribution in [0, 0.1) is 17.8 Å². The molecule has 2 saturated heterocycles. The first-order valence-corrected chi connectivity index (χ1v) is 14.0. The van der Waals surface area contributed by atoms with Crippen molar-refractivity contribution in [1.82, 2.24) is 14.5 Å². The van der Waals surface area contributed by atoms with Crippen LogP contribution in [0.3, 0.4) is 0 Å². The molecule has 0 amide bonds. The van der Waals surface area contributed by atoms with Gasteiger partial charge in [-0.3, -0.25) is 9.69 Å². The number of carbonyl (C=O) groups excluding carboxylic acids is 1. The summed E-state index contributed by atoms with van der Waals surface area (Å²) >= 11 is 0. The largest absolute Gasteiger partial charge is 0.461 e. The number of hydrogen-bond acceptors (Lipinski definition) is 5. The van der Waals surface area contributed by atoms with E-state index < -0.39 is 5.97 Å². The molecule has 1 aromatic carbocycles. The number of aromatic nitrogens is 2. The third-order valence-corrected chi connectivity index (χ3v) is 10.1. The molecule has 0 unspecified atom stereocenters. The molecule has 4 saturated carbocycles. The Balaban J connectivity index is 1.27. The van der Waals surface area contributed by atoms with Gasteiger partial charge in [-0.15, -0.1) is 0 Å². The minimum absolute atomic E-state index is 0.0702. The predicted octanol–water partition coefficient (Wildman–Crippen LogP) is 5.10. The van der Waals surface area contributed by atoms with Crippen LogP contribution in [-0.4, -0.2) is 44.6 Å². The second-order valence-electron chi connectivity index (χ2n) is 12.3. The summed E-state index contributed by atoms with van der Waals surface area (Å²) in [7, 11) is 0. The lowest BCUT2D eigenvalue weighted by molar-refractivity contribution is -0.150. The van der Waals surface area contributed by atoms with Crippen LogP contribution in [-0.2, 0) is 4.74 Å². The second-order valence-corrected chi connectivity index (χ2v) is 12.3. The van der Waals surface area contributed by atoms with E-state index in [2.05, 4.69) is 9.88 Å². The zero-order valence-corrected chi connectivity index (χ0v) is 20.8. The number of hydrogen-bond donors (Lipinski definition) is 0. The van der Waals surface area contributed by atoms with Crippen LogP contribution in [0.15, 0.2) is 29.1 Å². The van der Waals surface area contributed by atoms with Gasteiger partial charge < -0.3 is 9.30 Å². The first-order valence-electron chi connectivity index (χ1n) is 14.0. The molecule has 3 atom stereocenters. The maximum Gasteiger partial charge on any atom is 0.362 e. The molecular formula is C29H37N3O3. The zero-order valence-electron chi connectivity index (χ0n) is 20.8. The van der Waals surface area contributed by atoms with Crippen molar-refractivity contribution in [2.24, 2.45) is 17.8 Å². The van der Waals surface area contributed by atoms with Crippen LogP contribution >= 0.6 is 0 Å². The van der Waals surface area contributed by atoms with Crippen molar-refractivity contribution in [3.8, 4) is 0 Å². The van der Waals surface area contributed by atoms with E-state index in [1.807, 2.05) is 28.8 Å². The molecular weight excluding hydrogens is 438 g/mol. The van der Waals surface area contributed by atoms with Crippen molar-refractivity contribution in [2.75, 3.05) is 6.61 Å². The summed E-state index contributed by atoms with van der Waals surface area (Å²) < 4.78 is 7.12. The van der Waals surface area contributed by atoms with Gasteiger partial charge in [-0.1, -0.05) is 18.6 Å². The molecule has 0 N–H and O–H groups in total. The number of ether oxygens (including phenoxy) is 1. The standard InChI is InChI=1S/C29H37N3O3/c1-2-35-28(34)26-27(33)31(25-9-4-3-8-24(25)30-26)23-13-21-6-5-7-22(14-23)32(21)29-15-18-10-19(16-29)12-20(11-18)17-29/h3-4,8-9,18-23H,2,5-7,10-17H2,1H3/t18?,19?,20?,21-,22+,23+,29?. The van der Waals surface area contributed by atoms with E-state index in [0.717, 1.165) is 36.1 Å². The highest BCUT2D eigenvalue weighted by Crippen LogP contribution is 2.60. The van der Waals surface area contributed by atoms with Crippen LogP contribution in [0.2, 0.25) is 0 Å². The van der Waals surface area contributed by atoms with Gasteiger partial charge in [0.15, 0.2) is 0 Å². The molecule has 3 heterocycles. The smallest absolute Gasteiger partial charge is 0.362 e. The molecule has 0 spiro atoms. The van der Waals surface area contributed by atoms with Crippen molar-refractivity contribution >= 4 is 17.0 Å². The highest BCUT2D eigenvalue weighted by molar-refractivity contribution is 5.89. The Morgan fingerprint density at radius 1 is 0.971 bits per heavy atom. The van der Waals surface area contributed by atoms with E-state index in [-0.39, 0.29) is 23.9 Å². The van der Waals surface area contributed by atoms with Crippen molar-refractivity contribution in [2.45, 2.75) is 101 Å². The fraction of sp³-hybridized carbons (Fsp3) is 0.690. The number of esters is 1. The molecule has 0 radical (unpaired) electrons. The molecule has 2 aromatic rings. The molecule has 6 bridgehead atoms. The Labute approximate surface area is 207 Å². The summed E-state index contributed by atoms with van der Waals surface area (Å²) in [5.41, 5.74) is 1.60. The number of rotatable bonds is 4. The van der Waals surface area contributed by atoms with Gasteiger partial charge >= 0.3 is 5.97 Å². The fourth-order valence-corrected chi connectivity index (χ4v) is 9.57. The van der Waals surface area contributed by atoms with Gasteiger partial charge in [0.2, 0.25) is 5.69 Å². The Kier molecular flexibility index (Phi) is 5.13. The minimum Gasteiger partial charge on any atom is -0.461 e. The quantitative estimate of drug-likeness (QED) is 0.576. The van der Waals surface area contributed by atoms with E-state index in [1.165, 1.54) is 57.8 Å². The highest BCUT2D eigenvalue weighted by atomic mass is 16.5. The Bertz CT molecular complexity index is 1170. The number of fused-ring (bicyclic) bond motifs is 3. The highest BCUT2D eigenvalue weighted by Gasteiger charge is 2.57. The molecule has 8 rings (SSSR count). The molecule has 6 nitrogen and oxygen atoms in total. The number of carbonyl (C=O) groups is 1. The monoisotopic (exact) mass is 475 g/mol. The third-order valence-electron chi connectivity index (χ3n) is 10.1. The fourth-order valence-electron chi connectivity index (χ4n) is 9.57. The van der Waals surface area contributed by atoms with E-state index in [9.17, 15) is 9.59 Å². The second kappa shape index (κ2) is 8.16. The summed E-state index contributed by atoms with van der Waals surface area (Å²) in [6.45, 7) is 2.00. The summed E-state index contributed by atoms with van der Waals surface area (Å²) in [4.78, 5) is 33.8. The summed E-state index contributed by atoms with van der Waals surface area (Å²) in [6, 6.07) is 8.95. The molecule has 186 valence electrons. The third kappa shape index (κ3) is 3.42. The maximum atomic E-state index is 13.7. The Morgan fingerprint density at radius 2 is 1.60 bits per heavy atom. The van der Waals surface area contributed by atoms with Crippen molar-refractivity contribution in [3.05, 3.63) is 40.3 Å². The maximum absolute atomic E-state index is 13.7. The summed E-state index contributed by atoms with van der Waals surface area (Å²) in [5.74, 6) is 2.22. The van der Waals surface area contributed by atoms with Gasteiger partial charge in [-0.25, -0.2) is 9.78 Å². The van der Waals surface area contributed by atoms with Gasteiger partial charge in [0.25, 0.3) is 5.56 Å². The van der Waals surface area contributed by atoms with Crippen LogP contribution < -0.4 is 5.56 Å². The number of para-hydroxylation sites is 2. The van der Waals surface area contributed by atoms with Gasteiger partial charge in [0.1, 0.15) is 0 Å². The van der Waals surface area contributed by atoms with Crippen LogP contribution in [0.25, 0.3) is 11.0 Å². The number of piperidine rings is 2. The minimum atomic E-state index is -0.608. The van der Waals surface area contributed by atoms with Crippen molar-refractivity contribution in [3.63, 3.8) is 0 Å². The lowest BCUT2D eigenvalue weighted by Gasteiger charge is -2.66. The molecule has 6 fully saturated rings. The lowest BCUT2D eigenvalue weighted by atomic mass is 9.51. The average molecular weight is 476 g/mol. The number of nitrogens with zero attached hydrogens (tertiary/aromatic N) is 3. The first-order chi connectivity index (χ1) is 17.0. The molecule has 6 heteroatoms. The SMILES string of the molecule is CCOC(=O)c1nc2ccccc2n([C@H]2C[C@H]3CCC[C@@H](C2)N3C23CC4CC(CC(C4)C2)C3)c1=O. The van der Waals surface area contributed by atoms with E-state index in [4.69, 9.17) is 4.74 Å². The topological polar surface area (TPSA) is 64.4 Å². The van der Waals surface area contributed by atoms with E-state index >= 15 is 0 Å². The Morgan fingerprint density at radius 3 is 2.23 bits per heavy atom. The molecule has 1 aromatic heterocycles. The zero-order chi connectivity index (χ0) is 23.7. The van der Waals surface area contributed by atoms with E-state index in [0.29, 0.717) is 23.1 Å². The van der Waals surface area contributed by atoms with Crippen LogP contribution in [0.1, 0.15) is 94.1 Å². The predicted molar refractivity (Wildman–Crippen MR) is 134 cm³/mol. The average Bonchev–Trinajstić information content (AvgIpc) is 2.82. The number of benzene rings is 1. The van der Waals surface area contributed by atoms with Crippen LogP contribution in [0.4, 0.5) is 0 Å². The van der Waals surface area contributed by atoms with Gasteiger partial charge in [0.05, 0.1) is 17.6 Å². The van der Waals surface area contributed by atoms with Crippen molar-refractivity contribution < 1.29 is 9.53 Å². The van der Waals surface area contributed by atoms with Gasteiger partial charge in [-0.05, 0) is 101 Å². The molecule has 6 aliphatic rings. The molecule has 35 heavy (non-hydrogen) atoms. The van der Waals surface area contributed by atoms with Crippen molar-refractivity contribution in [1.29, 1.82) is 0 Å². The Hall–Kier alpha value is -2.21. The van der Waals surface area contributed by atoms with E-state index in [1.54, 1.807) is 6.92 Å². The summed E-state index contributed by atoms with van der Waals surface area (Å²) in [6.07, 6.45) is 14.4. The lowest BCUT2D eigenvalue weighted by Crippen LogP contribution is -2.68. The van der Waals surface area contributed by atoms with Crippen LogP contribution in [0.5, 0.6) is 0 Å². The first kappa shape index (κ1) is 22.0. The normalized spacial score (nSPS) is 38.1. The summed E-state index contributed by atoms with van der Waals surface area (Å²) in [5, 5.41) is 0. The molecule has 4 aliphatic carbocycles. The molecule has 2 aliphatic heterocycles.